The van der Waals surface area contributed by atoms with Crippen molar-refractivity contribution in [2.45, 2.75) is 12.5 Å². The van der Waals surface area contributed by atoms with Gasteiger partial charge < -0.3 is 0 Å². The van der Waals surface area contributed by atoms with Crippen LogP contribution in [-0.2, 0) is 14.2 Å². The van der Waals surface area contributed by atoms with Crippen LogP contribution in [0.5, 0.6) is 0 Å². The first-order valence-electron chi connectivity index (χ1n) is 2.67. The summed E-state index contributed by atoms with van der Waals surface area (Å²) in [6.45, 7) is 0. The second-order valence-corrected chi connectivity index (χ2v) is 2.18. The van der Waals surface area contributed by atoms with Crippen LogP contribution in [0.2, 0.25) is 0 Å². The average Bonchev–Trinajstić information content (AvgIpc) is 1.87. The SMILES string of the molecule is N[C@H](CC(=O)C#P=O)C(=O)O. The van der Waals surface area contributed by atoms with Gasteiger partial charge in [0.25, 0.3) is 0 Å². The van der Waals surface area contributed by atoms with Gasteiger partial charge in [0.05, 0.1) is 0 Å². The molecule has 0 amide bonds. The third-order valence-electron chi connectivity index (χ3n) is 0.893. The summed E-state index contributed by atoms with van der Waals surface area (Å²) in [6, 6.07) is -1.24. The van der Waals surface area contributed by atoms with Gasteiger partial charge in [0.2, 0.25) is 0 Å². The molecule has 0 aliphatic rings. The molecule has 0 spiro atoms. The number of carbonyl (C=O) groups is 2. The van der Waals surface area contributed by atoms with Crippen molar-refractivity contribution in [2.75, 3.05) is 0 Å². The molecule has 0 rings (SSSR count). The fourth-order valence-electron chi connectivity index (χ4n) is 0.384. The molecule has 11 heavy (non-hydrogen) atoms. The molecule has 60 valence electrons. The molecule has 3 N–H and O–H groups in total. The maximum absolute atomic E-state index is 10.5. The van der Waals surface area contributed by atoms with E-state index in [2.05, 4.69) is 0 Å². The van der Waals surface area contributed by atoms with E-state index in [9.17, 15) is 14.2 Å². The number of carbonyl (C=O) groups excluding carboxylic acids is 1. The number of nitrogens with two attached hydrogens (primary N) is 1. The van der Waals surface area contributed by atoms with Crippen LogP contribution in [-0.4, -0.2) is 22.9 Å². The molecule has 1 atom stereocenters. The Morgan fingerprint density at radius 1 is 1.64 bits per heavy atom. The van der Waals surface area contributed by atoms with Gasteiger partial charge in [-0.1, -0.05) is 0 Å². The van der Waals surface area contributed by atoms with Gasteiger partial charge >= 0.3 is 62.8 Å². The molecule has 0 aliphatic carbocycles. The molecule has 0 aromatic heterocycles. The zero-order valence-electron chi connectivity index (χ0n) is 5.48. The van der Waals surface area contributed by atoms with Crippen LogP contribution in [0.4, 0.5) is 0 Å². The van der Waals surface area contributed by atoms with E-state index in [1.54, 1.807) is 0 Å². The zero-order valence-corrected chi connectivity index (χ0v) is 6.38. The van der Waals surface area contributed by atoms with E-state index >= 15 is 0 Å². The quantitative estimate of drug-likeness (QED) is 0.569. The summed E-state index contributed by atoms with van der Waals surface area (Å²) < 4.78 is 9.74. The minimum atomic E-state index is -1.26. The van der Waals surface area contributed by atoms with E-state index in [0.29, 0.717) is 0 Å². The van der Waals surface area contributed by atoms with Gasteiger partial charge in [0.1, 0.15) is 0 Å². The third-order valence-corrected chi connectivity index (χ3v) is 1.23. The number of ketones is 1. The summed E-state index contributed by atoms with van der Waals surface area (Å²) in [5.41, 5.74) is 6.85. The first kappa shape index (κ1) is 10.1. The second-order valence-electron chi connectivity index (χ2n) is 1.78. The van der Waals surface area contributed by atoms with E-state index in [0.717, 1.165) is 0 Å². The average molecular weight is 175 g/mol. The molecule has 0 bridgehead atoms. The van der Waals surface area contributed by atoms with Gasteiger partial charge in [-0.3, -0.25) is 0 Å². The molecular formula is C5H6NO4P. The molecule has 0 aromatic carbocycles. The third kappa shape index (κ3) is 4.51. The van der Waals surface area contributed by atoms with Crippen LogP contribution >= 0.6 is 7.92 Å². The van der Waals surface area contributed by atoms with Crippen molar-refractivity contribution in [1.29, 1.82) is 0 Å². The van der Waals surface area contributed by atoms with Crippen LogP contribution < -0.4 is 5.73 Å². The molecular weight excluding hydrogens is 169 g/mol. The van der Waals surface area contributed by atoms with Crippen molar-refractivity contribution in [3.8, 4) is 5.63 Å². The Bertz CT molecular complexity index is 267. The predicted molar refractivity (Wildman–Crippen MR) is 36.7 cm³/mol. The molecule has 0 unspecified atom stereocenters. The standard InChI is InChI=1S/C5H6NO4P/c6-4(5(8)9)1-3(7)2-11-10/h4H,1,6H2,(H,8,9)/t4-/m1/s1. The Hall–Kier alpha value is -0.890. The Labute approximate surface area is 63.7 Å². The topological polar surface area (TPSA) is 97.5 Å². The first-order valence-corrected chi connectivity index (χ1v) is 3.48. The van der Waals surface area contributed by atoms with E-state index in [4.69, 9.17) is 10.8 Å². The molecule has 0 heterocycles. The van der Waals surface area contributed by atoms with E-state index in [1.807, 2.05) is 5.63 Å². The van der Waals surface area contributed by atoms with Gasteiger partial charge in [-0.15, -0.1) is 0 Å². The molecule has 5 nitrogen and oxygen atoms in total. The minimum absolute atomic E-state index is 0.370. The summed E-state index contributed by atoms with van der Waals surface area (Å²) in [7, 11) is -0.551. The molecule has 6 heteroatoms. The van der Waals surface area contributed by atoms with Crippen molar-refractivity contribution in [2.24, 2.45) is 5.73 Å². The first-order chi connectivity index (χ1) is 5.07. The molecule has 0 saturated heterocycles. The summed E-state index contributed by atoms with van der Waals surface area (Å²) in [5, 5.41) is 8.21. The van der Waals surface area contributed by atoms with Gasteiger partial charge in [-0.25, -0.2) is 0 Å². The van der Waals surface area contributed by atoms with Gasteiger partial charge in [0.15, 0.2) is 0 Å². The Morgan fingerprint density at radius 2 is 2.18 bits per heavy atom. The van der Waals surface area contributed by atoms with E-state index in [1.165, 1.54) is 0 Å². The van der Waals surface area contributed by atoms with Gasteiger partial charge in [-0.05, 0) is 0 Å². The predicted octanol–water partition coefficient (Wildman–Crippen LogP) is -0.392. The van der Waals surface area contributed by atoms with Crippen LogP contribution in [0, 0.1) is 5.63 Å². The number of carboxylic acid groups (broad SMARTS) is 1. The number of hydrogen-bond acceptors (Lipinski definition) is 4. The maximum atomic E-state index is 10.5. The van der Waals surface area contributed by atoms with Crippen LogP contribution in [0.25, 0.3) is 0 Å². The van der Waals surface area contributed by atoms with Crippen LogP contribution in [0.15, 0.2) is 0 Å². The normalized spacial score (nSPS) is 11.4. The van der Waals surface area contributed by atoms with E-state index < -0.39 is 25.7 Å². The number of Topliss-reactive ketones (excluding diaryl/α,β-unsaturated/α-hetero) is 1. The summed E-state index contributed by atoms with van der Waals surface area (Å²) >= 11 is 0. The fraction of sp³-hybridized carbons (Fsp3) is 0.400. The summed E-state index contributed by atoms with van der Waals surface area (Å²) in [6.07, 6.45) is -0.370. The van der Waals surface area contributed by atoms with Crippen LogP contribution in [0.1, 0.15) is 6.42 Å². The molecule has 0 aromatic rings. The van der Waals surface area contributed by atoms with Crippen molar-refractivity contribution in [1.82, 2.24) is 0 Å². The van der Waals surface area contributed by atoms with Gasteiger partial charge in [0, 0.05) is 0 Å². The second kappa shape index (κ2) is 4.85. The summed E-state index contributed by atoms with van der Waals surface area (Å²) in [4.78, 5) is 20.6. The van der Waals surface area contributed by atoms with Crippen molar-refractivity contribution in [3.63, 3.8) is 0 Å². The van der Waals surface area contributed by atoms with Crippen molar-refractivity contribution in [3.05, 3.63) is 0 Å². The Balaban J connectivity index is 4.02. The van der Waals surface area contributed by atoms with Crippen molar-refractivity contribution >= 4 is 19.7 Å². The zero-order chi connectivity index (χ0) is 8.85. The Morgan fingerprint density at radius 3 is 2.55 bits per heavy atom. The van der Waals surface area contributed by atoms with Crippen LogP contribution in [0.3, 0.4) is 0 Å². The fourth-order valence-corrected chi connectivity index (χ4v) is 0.577. The number of aliphatic carboxylic acids is 1. The van der Waals surface area contributed by atoms with Crippen molar-refractivity contribution < 1.29 is 19.3 Å². The molecule has 0 saturated carbocycles. The summed E-state index contributed by atoms with van der Waals surface area (Å²) in [5.74, 6) is -1.92. The molecule has 0 fully saturated rings. The van der Waals surface area contributed by atoms with Gasteiger partial charge in [-0.2, -0.15) is 0 Å². The van der Waals surface area contributed by atoms with E-state index in [-0.39, 0.29) is 6.42 Å². The molecule has 0 radical (unpaired) electrons. The number of hydrogen-bond donors (Lipinski definition) is 2. The Kier molecular flexibility index (Phi) is 4.46. The molecule has 0 aliphatic heterocycles. The number of rotatable bonds is 3. The monoisotopic (exact) mass is 175 g/mol. The number of carboxylic acids is 1.